The molecule has 0 fully saturated rings. The zero-order chi connectivity index (χ0) is 19.1. The Morgan fingerprint density at radius 3 is 2.42 bits per heavy atom. The molecule has 0 bridgehead atoms. The summed E-state index contributed by atoms with van der Waals surface area (Å²) in [7, 11) is 1.27. The summed E-state index contributed by atoms with van der Waals surface area (Å²) >= 11 is 0. The number of carbonyl (C=O) groups excluding carboxylic acids is 3. The fraction of sp³-hybridized carbons (Fsp3) is 0.350. The number of nitrogens with one attached hydrogen (secondary N) is 1. The van der Waals surface area contributed by atoms with Crippen LogP contribution in [0.25, 0.3) is 10.8 Å². The first-order chi connectivity index (χ1) is 12.5. The van der Waals surface area contributed by atoms with Gasteiger partial charge in [0.05, 0.1) is 12.7 Å². The number of carbonyl (C=O) groups is 3. The third-order valence-corrected chi connectivity index (χ3v) is 4.30. The zero-order valence-corrected chi connectivity index (χ0v) is 15.2. The molecule has 2 atom stereocenters. The summed E-state index contributed by atoms with van der Waals surface area (Å²) in [5, 5.41) is 4.49. The number of fused-ring (bicyclic) bond motifs is 1. The predicted molar refractivity (Wildman–Crippen MR) is 97.6 cm³/mol. The van der Waals surface area contributed by atoms with Gasteiger partial charge in [0.25, 0.3) is 5.91 Å². The monoisotopic (exact) mass is 357 g/mol. The van der Waals surface area contributed by atoms with E-state index in [0.717, 1.165) is 10.8 Å². The smallest absolute Gasteiger partial charge is 0.338 e. The topological polar surface area (TPSA) is 81.7 Å². The number of ether oxygens (including phenoxy) is 2. The van der Waals surface area contributed by atoms with E-state index in [1.54, 1.807) is 12.1 Å². The number of amides is 1. The van der Waals surface area contributed by atoms with Gasteiger partial charge in [0.15, 0.2) is 6.61 Å². The fourth-order valence-electron chi connectivity index (χ4n) is 2.54. The van der Waals surface area contributed by atoms with E-state index in [1.807, 2.05) is 44.2 Å². The summed E-state index contributed by atoms with van der Waals surface area (Å²) in [6, 6.07) is 12.1. The maximum absolute atomic E-state index is 12.2. The molecule has 0 unspecified atom stereocenters. The lowest BCUT2D eigenvalue weighted by molar-refractivity contribution is -0.147. The summed E-state index contributed by atoms with van der Waals surface area (Å²) in [6.45, 7) is 3.28. The minimum absolute atomic E-state index is 0.0948. The van der Waals surface area contributed by atoms with Gasteiger partial charge in [-0.2, -0.15) is 0 Å². The van der Waals surface area contributed by atoms with Crippen molar-refractivity contribution in [2.45, 2.75) is 26.3 Å². The van der Waals surface area contributed by atoms with Crippen molar-refractivity contribution in [2.75, 3.05) is 13.7 Å². The van der Waals surface area contributed by atoms with Crippen molar-refractivity contribution in [1.82, 2.24) is 5.32 Å². The van der Waals surface area contributed by atoms with Crippen LogP contribution in [0.2, 0.25) is 0 Å². The van der Waals surface area contributed by atoms with Crippen LogP contribution in [-0.2, 0) is 19.1 Å². The minimum atomic E-state index is -0.767. The van der Waals surface area contributed by atoms with E-state index >= 15 is 0 Å². The van der Waals surface area contributed by atoms with E-state index < -0.39 is 30.5 Å². The maximum atomic E-state index is 12.2. The summed E-state index contributed by atoms with van der Waals surface area (Å²) in [5.74, 6) is -1.75. The molecule has 0 aliphatic heterocycles. The molecule has 1 amide bonds. The second-order valence-electron chi connectivity index (χ2n) is 6.09. The molecular formula is C20H23NO5. The normalized spacial score (nSPS) is 12.9. The molecule has 0 saturated heterocycles. The van der Waals surface area contributed by atoms with Gasteiger partial charge in [-0.05, 0) is 28.8 Å². The first-order valence-corrected chi connectivity index (χ1v) is 8.49. The highest BCUT2D eigenvalue weighted by atomic mass is 16.5. The largest absolute Gasteiger partial charge is 0.467 e. The van der Waals surface area contributed by atoms with Gasteiger partial charge in [-0.1, -0.05) is 50.6 Å². The molecular weight excluding hydrogens is 334 g/mol. The summed E-state index contributed by atoms with van der Waals surface area (Å²) in [5.41, 5.74) is 0.364. The van der Waals surface area contributed by atoms with Crippen molar-refractivity contribution in [2.24, 2.45) is 5.92 Å². The first-order valence-electron chi connectivity index (χ1n) is 8.49. The van der Waals surface area contributed by atoms with Crippen molar-refractivity contribution in [3.05, 3.63) is 48.0 Å². The van der Waals surface area contributed by atoms with E-state index in [4.69, 9.17) is 9.47 Å². The average Bonchev–Trinajstić information content (AvgIpc) is 2.68. The van der Waals surface area contributed by atoms with Crippen LogP contribution in [0, 0.1) is 5.92 Å². The van der Waals surface area contributed by atoms with Crippen LogP contribution >= 0.6 is 0 Å². The lowest BCUT2D eigenvalue weighted by Crippen LogP contribution is -2.47. The average molecular weight is 357 g/mol. The van der Waals surface area contributed by atoms with Crippen LogP contribution < -0.4 is 5.32 Å². The Kier molecular flexibility index (Phi) is 6.72. The molecule has 2 aromatic carbocycles. The van der Waals surface area contributed by atoms with Crippen LogP contribution in [-0.4, -0.2) is 37.6 Å². The molecule has 0 heterocycles. The number of esters is 2. The Labute approximate surface area is 152 Å². The van der Waals surface area contributed by atoms with Gasteiger partial charge in [0.1, 0.15) is 6.04 Å². The molecule has 6 heteroatoms. The van der Waals surface area contributed by atoms with Gasteiger partial charge in [0, 0.05) is 0 Å². The van der Waals surface area contributed by atoms with Crippen LogP contribution in [0.4, 0.5) is 0 Å². The van der Waals surface area contributed by atoms with E-state index in [-0.39, 0.29) is 5.92 Å². The number of methoxy groups -OCH3 is 1. The first kappa shape index (κ1) is 19.4. The van der Waals surface area contributed by atoms with Crippen LogP contribution in [0.1, 0.15) is 30.6 Å². The summed E-state index contributed by atoms with van der Waals surface area (Å²) in [4.78, 5) is 36.0. The van der Waals surface area contributed by atoms with Crippen molar-refractivity contribution in [3.63, 3.8) is 0 Å². The number of benzene rings is 2. The SMILES string of the molecule is CC[C@H](C)[C@@H](NC(=O)COC(=O)c1ccc2ccccc2c1)C(=O)OC. The number of hydrogen-bond donors (Lipinski definition) is 1. The van der Waals surface area contributed by atoms with Gasteiger partial charge in [0.2, 0.25) is 0 Å². The van der Waals surface area contributed by atoms with E-state index in [2.05, 4.69) is 5.32 Å². The molecule has 0 aromatic heterocycles. The highest BCUT2D eigenvalue weighted by molar-refractivity contribution is 5.96. The standard InChI is InChI=1S/C20H23NO5/c1-4-13(2)18(20(24)25-3)21-17(22)12-26-19(23)16-10-9-14-7-5-6-8-15(14)11-16/h5-11,13,18H,4,12H2,1-3H3,(H,21,22)/t13-,18+/m0/s1. The third kappa shape index (κ3) is 4.81. The van der Waals surface area contributed by atoms with Gasteiger partial charge in [-0.25, -0.2) is 9.59 Å². The molecule has 0 saturated carbocycles. The highest BCUT2D eigenvalue weighted by Crippen LogP contribution is 2.16. The molecule has 2 rings (SSSR count). The van der Waals surface area contributed by atoms with Crippen molar-refractivity contribution in [3.8, 4) is 0 Å². The Morgan fingerprint density at radius 1 is 1.08 bits per heavy atom. The molecule has 1 N–H and O–H groups in total. The van der Waals surface area contributed by atoms with Crippen molar-refractivity contribution >= 4 is 28.6 Å². The van der Waals surface area contributed by atoms with Crippen LogP contribution in [0.3, 0.4) is 0 Å². The summed E-state index contributed by atoms with van der Waals surface area (Å²) in [6.07, 6.45) is 0.691. The predicted octanol–water partition coefficient (Wildman–Crippen LogP) is 2.70. The lowest BCUT2D eigenvalue weighted by atomic mass is 9.99. The van der Waals surface area contributed by atoms with Crippen molar-refractivity contribution in [1.29, 1.82) is 0 Å². The molecule has 0 aliphatic rings. The second kappa shape index (κ2) is 8.99. The number of rotatable bonds is 7. The van der Waals surface area contributed by atoms with E-state index in [0.29, 0.717) is 12.0 Å². The molecule has 0 aliphatic carbocycles. The van der Waals surface area contributed by atoms with E-state index in [1.165, 1.54) is 7.11 Å². The second-order valence-corrected chi connectivity index (χ2v) is 6.09. The molecule has 6 nitrogen and oxygen atoms in total. The maximum Gasteiger partial charge on any atom is 0.338 e. The van der Waals surface area contributed by atoms with Crippen LogP contribution in [0.5, 0.6) is 0 Å². The third-order valence-electron chi connectivity index (χ3n) is 4.30. The van der Waals surface area contributed by atoms with Gasteiger partial charge in [-0.15, -0.1) is 0 Å². The molecule has 138 valence electrons. The minimum Gasteiger partial charge on any atom is -0.467 e. The highest BCUT2D eigenvalue weighted by Gasteiger charge is 2.27. The lowest BCUT2D eigenvalue weighted by Gasteiger charge is -2.21. The van der Waals surface area contributed by atoms with Gasteiger partial charge < -0.3 is 14.8 Å². The molecule has 26 heavy (non-hydrogen) atoms. The number of hydrogen-bond acceptors (Lipinski definition) is 5. The molecule has 0 radical (unpaired) electrons. The fourth-order valence-corrected chi connectivity index (χ4v) is 2.54. The van der Waals surface area contributed by atoms with Gasteiger partial charge >= 0.3 is 11.9 Å². The Morgan fingerprint density at radius 2 is 1.77 bits per heavy atom. The Bertz CT molecular complexity index is 802. The molecule has 2 aromatic rings. The van der Waals surface area contributed by atoms with Crippen molar-refractivity contribution < 1.29 is 23.9 Å². The summed E-state index contributed by atoms with van der Waals surface area (Å²) < 4.78 is 9.77. The van der Waals surface area contributed by atoms with Gasteiger partial charge in [-0.3, -0.25) is 4.79 Å². The zero-order valence-electron chi connectivity index (χ0n) is 15.2. The Balaban J connectivity index is 1.96. The van der Waals surface area contributed by atoms with Crippen LogP contribution in [0.15, 0.2) is 42.5 Å². The Hall–Kier alpha value is -2.89. The van der Waals surface area contributed by atoms with E-state index in [9.17, 15) is 14.4 Å². The quantitative estimate of drug-likeness (QED) is 0.771. The molecule has 0 spiro atoms.